The number of nitrogens with one attached hydrogen (secondary N) is 3. The second kappa shape index (κ2) is 11.5. The Kier molecular flexibility index (Phi) is 8.43. The predicted molar refractivity (Wildman–Crippen MR) is 126 cm³/mol. The van der Waals surface area contributed by atoms with Gasteiger partial charge in [-0.15, -0.1) is 0 Å². The van der Waals surface area contributed by atoms with Crippen LogP contribution in [-0.4, -0.2) is 65.9 Å². The number of hydrogen-bond donors (Lipinski definition) is 5. The van der Waals surface area contributed by atoms with Gasteiger partial charge in [0.25, 0.3) is 0 Å². The van der Waals surface area contributed by atoms with Crippen LogP contribution in [0.1, 0.15) is 30.9 Å². The van der Waals surface area contributed by atoms with Gasteiger partial charge in [-0.2, -0.15) is 0 Å². The van der Waals surface area contributed by atoms with Crippen LogP contribution in [0.4, 0.5) is 4.79 Å². The number of carboxylic acids is 1. The van der Waals surface area contributed by atoms with Gasteiger partial charge >= 0.3 is 12.1 Å². The highest BCUT2D eigenvalue weighted by atomic mass is 16.5. The molecule has 0 saturated carbocycles. The smallest absolute Gasteiger partial charge is 0.407 e. The van der Waals surface area contributed by atoms with Gasteiger partial charge in [-0.25, -0.2) is 9.59 Å². The normalized spacial score (nSPS) is 13.8. The topological polar surface area (TPSA) is 154 Å². The Hall–Kier alpha value is -3.92. The van der Waals surface area contributed by atoms with E-state index in [0.29, 0.717) is 0 Å². The highest BCUT2D eigenvalue weighted by molar-refractivity contribution is 5.91. The molecule has 1 aliphatic carbocycles. The monoisotopic (exact) mass is 483 g/mol. The third kappa shape index (κ3) is 6.15. The fraction of sp³-hybridized carbons (Fsp3) is 0.360. The zero-order chi connectivity index (χ0) is 25.5. The van der Waals surface area contributed by atoms with Crippen molar-refractivity contribution >= 4 is 23.9 Å². The largest absolute Gasteiger partial charge is 0.480 e. The van der Waals surface area contributed by atoms with Crippen LogP contribution in [0.25, 0.3) is 11.1 Å². The molecule has 0 saturated heterocycles. The zero-order valence-corrected chi connectivity index (χ0v) is 19.5. The summed E-state index contributed by atoms with van der Waals surface area (Å²) in [5.41, 5.74) is 4.32. The average Bonchev–Trinajstić information content (AvgIpc) is 3.16. The molecule has 186 valence electrons. The molecule has 0 spiro atoms. The van der Waals surface area contributed by atoms with Gasteiger partial charge < -0.3 is 30.9 Å². The first kappa shape index (κ1) is 25.7. The molecule has 2 aromatic rings. The summed E-state index contributed by atoms with van der Waals surface area (Å²) in [6.45, 7) is 2.23. The summed E-state index contributed by atoms with van der Waals surface area (Å²) in [5.74, 6) is -3.26. The second-order valence-electron chi connectivity index (χ2n) is 8.55. The van der Waals surface area contributed by atoms with E-state index < -0.39 is 49.1 Å². The molecular formula is C25H29N3O7. The highest BCUT2D eigenvalue weighted by Crippen LogP contribution is 2.44. The summed E-state index contributed by atoms with van der Waals surface area (Å²) in [4.78, 5) is 47.9. The Morgan fingerprint density at radius 2 is 1.51 bits per heavy atom. The van der Waals surface area contributed by atoms with Crippen LogP contribution in [0.2, 0.25) is 0 Å². The van der Waals surface area contributed by atoms with Crippen LogP contribution in [0, 0.1) is 5.92 Å². The third-order valence-electron chi connectivity index (χ3n) is 5.81. The SMILES string of the molecule is CC(C)[C@H](NC(=O)OCC1c2ccccc2-c2ccccc21)C(=O)NCC(=O)N[C@H](CO)C(=O)O. The van der Waals surface area contributed by atoms with Gasteiger partial charge in [-0.3, -0.25) is 9.59 Å². The summed E-state index contributed by atoms with van der Waals surface area (Å²) in [7, 11) is 0. The van der Waals surface area contributed by atoms with E-state index >= 15 is 0 Å². The predicted octanol–water partition coefficient (Wildman–Crippen LogP) is 1.23. The second-order valence-corrected chi connectivity index (χ2v) is 8.55. The number of rotatable bonds is 10. The van der Waals surface area contributed by atoms with Crippen LogP contribution in [0.5, 0.6) is 0 Å². The van der Waals surface area contributed by atoms with Gasteiger partial charge in [0.05, 0.1) is 13.2 Å². The van der Waals surface area contributed by atoms with E-state index in [4.69, 9.17) is 14.9 Å². The Morgan fingerprint density at radius 1 is 0.943 bits per heavy atom. The minimum Gasteiger partial charge on any atom is -0.480 e. The summed E-state index contributed by atoms with van der Waals surface area (Å²) in [5, 5.41) is 24.8. The number of alkyl carbamates (subject to hydrolysis) is 1. The van der Waals surface area contributed by atoms with Crippen molar-refractivity contribution in [2.24, 2.45) is 5.92 Å². The molecule has 0 fully saturated rings. The molecule has 5 N–H and O–H groups in total. The number of aliphatic hydroxyl groups is 1. The first-order valence-electron chi connectivity index (χ1n) is 11.2. The molecule has 3 rings (SSSR count). The van der Waals surface area contributed by atoms with Crippen LogP contribution in [0.15, 0.2) is 48.5 Å². The van der Waals surface area contributed by atoms with E-state index in [9.17, 15) is 19.2 Å². The first-order valence-corrected chi connectivity index (χ1v) is 11.2. The third-order valence-corrected chi connectivity index (χ3v) is 5.81. The molecule has 0 aromatic heterocycles. The molecule has 2 atom stereocenters. The van der Waals surface area contributed by atoms with Gasteiger partial charge in [-0.1, -0.05) is 62.4 Å². The molecule has 0 unspecified atom stereocenters. The molecule has 10 heteroatoms. The molecule has 1 aliphatic rings. The fourth-order valence-electron chi connectivity index (χ4n) is 4.01. The van der Waals surface area contributed by atoms with Crippen molar-refractivity contribution in [2.75, 3.05) is 19.8 Å². The van der Waals surface area contributed by atoms with Crippen LogP contribution < -0.4 is 16.0 Å². The number of carboxylic acid groups (broad SMARTS) is 1. The Bertz CT molecular complexity index is 1060. The Labute approximate surface area is 202 Å². The lowest BCUT2D eigenvalue weighted by molar-refractivity contribution is -0.142. The van der Waals surface area contributed by atoms with Crippen molar-refractivity contribution in [3.05, 3.63) is 59.7 Å². The van der Waals surface area contributed by atoms with Crippen LogP contribution in [0.3, 0.4) is 0 Å². The molecule has 0 heterocycles. The number of fused-ring (bicyclic) bond motifs is 3. The molecular weight excluding hydrogens is 454 g/mol. The number of carbonyl (C=O) groups is 4. The maximum absolute atomic E-state index is 12.6. The minimum absolute atomic E-state index is 0.0897. The maximum atomic E-state index is 12.6. The molecule has 0 bridgehead atoms. The summed E-state index contributed by atoms with van der Waals surface area (Å²) < 4.78 is 5.49. The minimum atomic E-state index is -1.47. The molecule has 2 aromatic carbocycles. The van der Waals surface area contributed by atoms with Gasteiger partial charge in [0, 0.05) is 5.92 Å². The lowest BCUT2D eigenvalue weighted by atomic mass is 9.98. The van der Waals surface area contributed by atoms with E-state index in [2.05, 4.69) is 16.0 Å². The lowest BCUT2D eigenvalue weighted by Gasteiger charge is -2.22. The number of carbonyl (C=O) groups excluding carboxylic acids is 3. The number of amides is 3. The van der Waals surface area contributed by atoms with Crippen LogP contribution in [-0.2, 0) is 19.1 Å². The van der Waals surface area contributed by atoms with Gasteiger partial charge in [0.1, 0.15) is 18.7 Å². The van der Waals surface area contributed by atoms with E-state index in [0.717, 1.165) is 22.3 Å². The molecule has 35 heavy (non-hydrogen) atoms. The first-order chi connectivity index (χ1) is 16.7. The molecule has 3 amide bonds. The van der Waals surface area contributed by atoms with Crippen molar-refractivity contribution in [3.63, 3.8) is 0 Å². The standard InChI is InChI=1S/C25H29N3O7/c1-14(2)22(23(31)26-11-21(30)27-20(12-29)24(32)33)28-25(34)35-13-19-17-9-5-3-7-15(17)16-8-4-6-10-18(16)19/h3-10,14,19-20,22,29H,11-13H2,1-2H3,(H,26,31)(H,27,30)(H,28,34)(H,32,33)/t20-,22+/m1/s1. The zero-order valence-electron chi connectivity index (χ0n) is 19.5. The van der Waals surface area contributed by atoms with Crippen molar-refractivity contribution in [3.8, 4) is 11.1 Å². The maximum Gasteiger partial charge on any atom is 0.407 e. The highest BCUT2D eigenvalue weighted by Gasteiger charge is 2.30. The number of hydrogen-bond acceptors (Lipinski definition) is 6. The lowest BCUT2D eigenvalue weighted by Crippen LogP contribution is -2.53. The van der Waals surface area contributed by atoms with Crippen molar-refractivity contribution in [1.82, 2.24) is 16.0 Å². The van der Waals surface area contributed by atoms with Gasteiger partial charge in [-0.05, 0) is 28.2 Å². The molecule has 0 aliphatic heterocycles. The fourth-order valence-corrected chi connectivity index (χ4v) is 4.01. The molecule has 0 radical (unpaired) electrons. The van der Waals surface area contributed by atoms with Crippen molar-refractivity contribution in [2.45, 2.75) is 31.8 Å². The Morgan fingerprint density at radius 3 is 2.03 bits per heavy atom. The van der Waals surface area contributed by atoms with Gasteiger partial charge in [0.15, 0.2) is 0 Å². The summed E-state index contributed by atoms with van der Waals surface area (Å²) >= 11 is 0. The summed E-state index contributed by atoms with van der Waals surface area (Å²) in [6, 6.07) is 13.4. The number of ether oxygens (including phenoxy) is 1. The van der Waals surface area contributed by atoms with Crippen LogP contribution >= 0.6 is 0 Å². The number of aliphatic hydroxyl groups excluding tert-OH is 1. The van der Waals surface area contributed by atoms with E-state index in [1.54, 1.807) is 13.8 Å². The number of benzene rings is 2. The quantitative estimate of drug-likeness (QED) is 0.340. The summed E-state index contributed by atoms with van der Waals surface area (Å²) in [6.07, 6.45) is -0.767. The van der Waals surface area contributed by atoms with E-state index in [1.807, 2.05) is 48.5 Å². The average molecular weight is 484 g/mol. The van der Waals surface area contributed by atoms with E-state index in [1.165, 1.54) is 0 Å². The van der Waals surface area contributed by atoms with Crippen molar-refractivity contribution < 1.29 is 34.1 Å². The Balaban J connectivity index is 1.56. The van der Waals surface area contributed by atoms with Crippen molar-refractivity contribution in [1.29, 1.82) is 0 Å². The van der Waals surface area contributed by atoms with Gasteiger partial charge in [0.2, 0.25) is 11.8 Å². The van der Waals surface area contributed by atoms with E-state index in [-0.39, 0.29) is 18.4 Å². The number of aliphatic carboxylic acids is 1. The molecule has 10 nitrogen and oxygen atoms in total.